The maximum Gasteiger partial charge on any atom is 0.253 e. The molecule has 0 aliphatic carbocycles. The number of nitrogens with zero attached hydrogens (tertiary/aromatic N) is 1. The summed E-state index contributed by atoms with van der Waals surface area (Å²) >= 11 is 0. The lowest BCUT2D eigenvalue weighted by Crippen LogP contribution is -2.41. The molecule has 2 aromatic carbocycles. The van der Waals surface area contributed by atoms with Gasteiger partial charge in [0.15, 0.2) is 0 Å². The van der Waals surface area contributed by atoms with Gasteiger partial charge in [-0.3, -0.25) is 9.59 Å². The summed E-state index contributed by atoms with van der Waals surface area (Å²) in [7, 11) is 1.60. The van der Waals surface area contributed by atoms with E-state index in [-0.39, 0.29) is 17.7 Å². The second kappa shape index (κ2) is 8.25. The van der Waals surface area contributed by atoms with Crippen LogP contribution in [0.15, 0.2) is 42.5 Å². The number of anilines is 1. The highest BCUT2D eigenvalue weighted by atomic mass is 16.5. The monoisotopic (exact) mass is 366 g/mol. The fourth-order valence-electron chi connectivity index (χ4n) is 3.35. The lowest BCUT2D eigenvalue weighted by molar-refractivity contribution is -0.121. The summed E-state index contributed by atoms with van der Waals surface area (Å²) in [6, 6.07) is 13.1. The smallest absolute Gasteiger partial charge is 0.253 e. The third-order valence-corrected chi connectivity index (χ3v) is 5.24. The number of aryl methyl sites for hydroxylation is 2. The summed E-state index contributed by atoms with van der Waals surface area (Å²) in [5.74, 6) is 0.674. The van der Waals surface area contributed by atoms with Crippen LogP contribution in [0.4, 0.5) is 5.69 Å². The lowest BCUT2D eigenvalue weighted by atomic mass is 9.95. The molecule has 1 N–H and O–H groups in total. The summed E-state index contributed by atoms with van der Waals surface area (Å²) in [5, 5.41) is 2.95. The number of carbonyl (C=O) groups is 2. The zero-order chi connectivity index (χ0) is 19.4. The third kappa shape index (κ3) is 4.48. The Bertz CT molecular complexity index is 839. The number of amides is 2. The molecule has 2 amide bonds. The first-order chi connectivity index (χ1) is 13.0. The van der Waals surface area contributed by atoms with Gasteiger partial charge in [0.05, 0.1) is 7.11 Å². The molecule has 0 bridgehead atoms. The summed E-state index contributed by atoms with van der Waals surface area (Å²) in [6.07, 6.45) is 1.35. The molecule has 3 rings (SSSR count). The number of likely N-dealkylation sites (tertiary alicyclic amines) is 1. The molecule has 5 nitrogen and oxygen atoms in total. The summed E-state index contributed by atoms with van der Waals surface area (Å²) in [4.78, 5) is 27.1. The summed E-state index contributed by atoms with van der Waals surface area (Å²) in [6.45, 7) is 5.25. The van der Waals surface area contributed by atoms with E-state index in [1.807, 2.05) is 55.1 Å². The lowest BCUT2D eigenvalue weighted by Gasteiger charge is -2.31. The van der Waals surface area contributed by atoms with Gasteiger partial charge in [0, 0.05) is 36.3 Å². The molecule has 0 atom stereocenters. The van der Waals surface area contributed by atoms with Crippen molar-refractivity contribution in [1.82, 2.24) is 4.90 Å². The van der Waals surface area contributed by atoms with Gasteiger partial charge < -0.3 is 15.0 Å². The molecule has 0 spiro atoms. The highest BCUT2D eigenvalue weighted by Crippen LogP contribution is 2.23. The first-order valence-electron chi connectivity index (χ1n) is 9.29. The van der Waals surface area contributed by atoms with Gasteiger partial charge in [-0.1, -0.05) is 12.1 Å². The molecule has 5 heteroatoms. The van der Waals surface area contributed by atoms with Crippen LogP contribution in [-0.4, -0.2) is 36.9 Å². The van der Waals surface area contributed by atoms with E-state index < -0.39 is 0 Å². The van der Waals surface area contributed by atoms with Crippen LogP contribution in [0.25, 0.3) is 0 Å². The molecule has 142 valence electrons. The number of piperidine rings is 1. The number of ether oxygens (including phenoxy) is 1. The minimum absolute atomic E-state index is 0.00142. The molecule has 27 heavy (non-hydrogen) atoms. The second-order valence-electron chi connectivity index (χ2n) is 7.09. The number of hydrogen-bond acceptors (Lipinski definition) is 3. The molecule has 0 aromatic heterocycles. The van der Waals surface area contributed by atoms with Crippen molar-refractivity contribution in [3.8, 4) is 5.75 Å². The van der Waals surface area contributed by atoms with E-state index >= 15 is 0 Å². The zero-order valence-electron chi connectivity index (χ0n) is 16.1. The van der Waals surface area contributed by atoms with E-state index in [1.54, 1.807) is 13.2 Å². The van der Waals surface area contributed by atoms with E-state index in [0.29, 0.717) is 31.7 Å². The number of rotatable bonds is 4. The average molecular weight is 366 g/mol. The van der Waals surface area contributed by atoms with Crippen LogP contribution in [0.1, 0.15) is 34.3 Å². The Labute approximate surface area is 160 Å². The van der Waals surface area contributed by atoms with Crippen LogP contribution in [0.5, 0.6) is 5.75 Å². The van der Waals surface area contributed by atoms with Crippen molar-refractivity contribution in [3.05, 3.63) is 59.2 Å². The van der Waals surface area contributed by atoms with E-state index in [0.717, 1.165) is 16.8 Å². The van der Waals surface area contributed by atoms with Crippen molar-refractivity contribution < 1.29 is 14.3 Å². The van der Waals surface area contributed by atoms with E-state index in [1.165, 1.54) is 5.56 Å². The largest absolute Gasteiger partial charge is 0.497 e. The highest BCUT2D eigenvalue weighted by molar-refractivity contribution is 5.95. The number of nitrogens with one attached hydrogen (secondary N) is 1. The summed E-state index contributed by atoms with van der Waals surface area (Å²) < 4.78 is 5.18. The normalized spacial score (nSPS) is 14.7. The Balaban J connectivity index is 1.56. The van der Waals surface area contributed by atoms with E-state index in [9.17, 15) is 9.59 Å². The molecule has 0 radical (unpaired) electrons. The van der Waals surface area contributed by atoms with E-state index in [4.69, 9.17) is 4.74 Å². The standard InChI is InChI=1S/C22H26N2O3/c1-15-7-8-18(13-16(15)2)22(26)24-11-9-17(10-12-24)21(25)23-19-5-4-6-20(14-19)27-3/h4-8,13-14,17H,9-12H2,1-3H3,(H,23,25). The SMILES string of the molecule is COc1cccc(NC(=O)C2CCN(C(=O)c3ccc(C)c(C)c3)CC2)c1. The highest BCUT2D eigenvalue weighted by Gasteiger charge is 2.28. The van der Waals surface area contributed by atoms with Crippen LogP contribution in [0.3, 0.4) is 0 Å². The maximum absolute atomic E-state index is 12.7. The van der Waals surface area contributed by atoms with Gasteiger partial charge in [-0.25, -0.2) is 0 Å². The van der Waals surface area contributed by atoms with Gasteiger partial charge in [0.1, 0.15) is 5.75 Å². The van der Waals surface area contributed by atoms with Crippen molar-refractivity contribution in [1.29, 1.82) is 0 Å². The predicted molar refractivity (Wildman–Crippen MR) is 106 cm³/mol. The molecule has 1 aliphatic heterocycles. The summed E-state index contributed by atoms with van der Waals surface area (Å²) in [5.41, 5.74) is 3.75. The molecule has 1 saturated heterocycles. The topological polar surface area (TPSA) is 58.6 Å². The Morgan fingerprint density at radius 3 is 2.44 bits per heavy atom. The number of methoxy groups -OCH3 is 1. The van der Waals surface area contributed by atoms with Gasteiger partial charge in [-0.05, 0) is 62.1 Å². The number of carbonyl (C=O) groups excluding carboxylic acids is 2. The molecule has 0 saturated carbocycles. The molecular formula is C22H26N2O3. The van der Waals surface area contributed by atoms with Crippen LogP contribution in [0, 0.1) is 19.8 Å². The molecule has 2 aromatic rings. The molecule has 0 unspecified atom stereocenters. The van der Waals surface area contributed by atoms with Crippen molar-refractivity contribution >= 4 is 17.5 Å². The van der Waals surface area contributed by atoms with Crippen molar-refractivity contribution in [3.63, 3.8) is 0 Å². The first-order valence-corrected chi connectivity index (χ1v) is 9.29. The van der Waals surface area contributed by atoms with Gasteiger partial charge in [-0.15, -0.1) is 0 Å². The van der Waals surface area contributed by atoms with Crippen LogP contribution >= 0.6 is 0 Å². The minimum Gasteiger partial charge on any atom is -0.497 e. The zero-order valence-corrected chi connectivity index (χ0v) is 16.1. The van der Waals surface area contributed by atoms with Gasteiger partial charge >= 0.3 is 0 Å². The maximum atomic E-state index is 12.7. The van der Waals surface area contributed by atoms with Crippen molar-refractivity contribution in [2.45, 2.75) is 26.7 Å². The Hall–Kier alpha value is -2.82. The van der Waals surface area contributed by atoms with Crippen LogP contribution < -0.4 is 10.1 Å². The Kier molecular flexibility index (Phi) is 5.79. The quantitative estimate of drug-likeness (QED) is 0.895. The molecule has 1 aliphatic rings. The van der Waals surface area contributed by atoms with E-state index in [2.05, 4.69) is 5.32 Å². The van der Waals surface area contributed by atoms with Gasteiger partial charge in [0.2, 0.25) is 5.91 Å². The minimum atomic E-state index is -0.0833. The molecule has 1 heterocycles. The second-order valence-corrected chi connectivity index (χ2v) is 7.09. The van der Waals surface area contributed by atoms with Gasteiger partial charge in [0.25, 0.3) is 5.91 Å². The third-order valence-electron chi connectivity index (χ3n) is 5.24. The van der Waals surface area contributed by atoms with Gasteiger partial charge in [-0.2, -0.15) is 0 Å². The van der Waals surface area contributed by atoms with Crippen LogP contribution in [0.2, 0.25) is 0 Å². The molecule has 1 fully saturated rings. The number of benzene rings is 2. The first kappa shape index (κ1) is 19.0. The van der Waals surface area contributed by atoms with Crippen molar-refractivity contribution in [2.24, 2.45) is 5.92 Å². The van der Waals surface area contributed by atoms with Crippen LogP contribution in [-0.2, 0) is 4.79 Å². The molecular weight excluding hydrogens is 340 g/mol. The Morgan fingerprint density at radius 1 is 1.04 bits per heavy atom. The van der Waals surface area contributed by atoms with Crippen molar-refractivity contribution in [2.75, 3.05) is 25.5 Å². The predicted octanol–water partition coefficient (Wildman–Crippen LogP) is 3.80. The number of hydrogen-bond donors (Lipinski definition) is 1. The fraction of sp³-hybridized carbons (Fsp3) is 0.364. The Morgan fingerprint density at radius 2 is 1.78 bits per heavy atom. The fourth-order valence-corrected chi connectivity index (χ4v) is 3.35. The average Bonchev–Trinajstić information content (AvgIpc) is 2.69.